The topological polar surface area (TPSA) is 67.2 Å². The fraction of sp³-hybridized carbons (Fsp3) is 0. The van der Waals surface area contributed by atoms with Crippen molar-refractivity contribution in [1.29, 1.82) is 0 Å². The Morgan fingerprint density at radius 3 is 2.67 bits per heavy atom. The molecule has 0 unspecified atom stereocenters. The van der Waals surface area contributed by atoms with Gasteiger partial charge < -0.3 is 10.6 Å². The smallest absolute Gasteiger partial charge is 0.271 e. The maximum atomic E-state index is 13.1. The normalized spacial score (nSPS) is 10.0. The number of benzene rings is 2. The molecule has 5 nitrogen and oxygen atoms in total. The van der Waals surface area contributed by atoms with Crippen molar-refractivity contribution in [1.82, 2.24) is 0 Å². The monoisotopic (exact) mass is 325 g/mol. The fourth-order valence-corrected chi connectivity index (χ4v) is 1.97. The summed E-state index contributed by atoms with van der Waals surface area (Å²) in [5, 5.41) is 16.6. The molecule has 0 bridgehead atoms. The number of nitro groups is 1. The molecular formula is C13H9ClFN3O2S. The first kappa shape index (κ1) is 15.1. The third-order valence-corrected chi connectivity index (χ3v) is 3.03. The van der Waals surface area contributed by atoms with Crippen molar-refractivity contribution in [3.63, 3.8) is 0 Å². The van der Waals surface area contributed by atoms with Crippen LogP contribution in [-0.2, 0) is 0 Å². The van der Waals surface area contributed by atoms with Crippen LogP contribution in [0.4, 0.5) is 21.5 Å². The van der Waals surface area contributed by atoms with Crippen LogP contribution in [0.25, 0.3) is 0 Å². The van der Waals surface area contributed by atoms with Gasteiger partial charge in [0.1, 0.15) is 5.82 Å². The van der Waals surface area contributed by atoms with Crippen molar-refractivity contribution >= 4 is 46.0 Å². The largest absolute Gasteiger partial charge is 0.332 e. The van der Waals surface area contributed by atoms with E-state index in [4.69, 9.17) is 23.8 Å². The second kappa shape index (κ2) is 6.47. The maximum Gasteiger partial charge on any atom is 0.271 e. The quantitative estimate of drug-likeness (QED) is 0.503. The van der Waals surface area contributed by atoms with Gasteiger partial charge in [0.05, 0.1) is 15.6 Å². The summed E-state index contributed by atoms with van der Waals surface area (Å²) in [6, 6.07) is 9.68. The molecule has 0 radical (unpaired) electrons. The van der Waals surface area contributed by atoms with E-state index in [2.05, 4.69) is 10.6 Å². The predicted molar refractivity (Wildman–Crippen MR) is 84.3 cm³/mol. The van der Waals surface area contributed by atoms with E-state index in [0.29, 0.717) is 11.4 Å². The highest BCUT2D eigenvalue weighted by molar-refractivity contribution is 7.80. The van der Waals surface area contributed by atoms with E-state index in [1.807, 2.05) is 0 Å². The minimum atomic E-state index is -0.537. The average Bonchev–Trinajstić information content (AvgIpc) is 2.41. The van der Waals surface area contributed by atoms with Crippen molar-refractivity contribution in [2.45, 2.75) is 0 Å². The molecule has 108 valence electrons. The lowest BCUT2D eigenvalue weighted by Crippen LogP contribution is -2.19. The van der Waals surface area contributed by atoms with E-state index in [9.17, 15) is 14.5 Å². The molecule has 0 aliphatic rings. The van der Waals surface area contributed by atoms with Crippen molar-refractivity contribution < 1.29 is 9.31 Å². The number of nitrogens with zero attached hydrogens (tertiary/aromatic N) is 1. The molecule has 0 amide bonds. The molecule has 0 heterocycles. The second-order valence-electron chi connectivity index (χ2n) is 4.01. The van der Waals surface area contributed by atoms with Gasteiger partial charge in [-0.1, -0.05) is 17.7 Å². The SMILES string of the molecule is O=[N+]([O-])c1ccc(Cl)c(NC(=S)Nc2cccc(F)c2)c1. The second-order valence-corrected chi connectivity index (χ2v) is 4.83. The van der Waals surface area contributed by atoms with E-state index in [1.54, 1.807) is 6.07 Å². The minimum Gasteiger partial charge on any atom is -0.332 e. The number of thiocarbonyl (C=S) groups is 1. The van der Waals surface area contributed by atoms with Crippen LogP contribution in [-0.4, -0.2) is 10.0 Å². The molecule has 8 heteroatoms. The Hall–Kier alpha value is -2.25. The van der Waals surface area contributed by atoms with E-state index in [0.717, 1.165) is 0 Å². The van der Waals surface area contributed by atoms with E-state index >= 15 is 0 Å². The summed E-state index contributed by atoms with van der Waals surface area (Å²) in [6.45, 7) is 0. The molecule has 0 spiro atoms. The molecular weight excluding hydrogens is 317 g/mol. The van der Waals surface area contributed by atoms with Gasteiger partial charge in [-0.25, -0.2) is 4.39 Å². The van der Waals surface area contributed by atoms with Crippen LogP contribution >= 0.6 is 23.8 Å². The molecule has 0 fully saturated rings. The Kier molecular flexibility index (Phi) is 4.66. The number of nitro benzene ring substituents is 1. The molecule has 2 N–H and O–H groups in total. The molecule has 2 rings (SSSR count). The van der Waals surface area contributed by atoms with Crippen LogP contribution in [0.15, 0.2) is 42.5 Å². The Morgan fingerprint density at radius 2 is 2.00 bits per heavy atom. The van der Waals surface area contributed by atoms with Gasteiger partial charge in [0.25, 0.3) is 5.69 Å². The van der Waals surface area contributed by atoms with Crippen LogP contribution < -0.4 is 10.6 Å². The summed E-state index contributed by atoms with van der Waals surface area (Å²) < 4.78 is 13.1. The van der Waals surface area contributed by atoms with Gasteiger partial charge in [-0.2, -0.15) is 0 Å². The highest BCUT2D eigenvalue weighted by atomic mass is 35.5. The van der Waals surface area contributed by atoms with Gasteiger partial charge in [0, 0.05) is 17.8 Å². The number of hydrogen-bond donors (Lipinski definition) is 2. The van der Waals surface area contributed by atoms with E-state index in [-0.39, 0.29) is 15.8 Å². The summed E-state index contributed by atoms with van der Waals surface area (Å²) >= 11 is 11.0. The zero-order valence-electron chi connectivity index (χ0n) is 10.5. The molecule has 0 aliphatic carbocycles. The molecule has 2 aromatic rings. The Bertz CT molecular complexity index is 712. The van der Waals surface area contributed by atoms with Crippen LogP contribution in [0, 0.1) is 15.9 Å². The van der Waals surface area contributed by atoms with Crippen LogP contribution in [0.5, 0.6) is 0 Å². The van der Waals surface area contributed by atoms with Crippen LogP contribution in [0.2, 0.25) is 5.02 Å². The van der Waals surface area contributed by atoms with Crippen LogP contribution in [0.1, 0.15) is 0 Å². The Balaban J connectivity index is 2.12. The zero-order chi connectivity index (χ0) is 15.4. The molecule has 21 heavy (non-hydrogen) atoms. The first-order valence-electron chi connectivity index (χ1n) is 5.73. The third-order valence-electron chi connectivity index (χ3n) is 2.49. The molecule has 0 aliphatic heterocycles. The van der Waals surface area contributed by atoms with Crippen molar-refractivity contribution in [2.24, 2.45) is 0 Å². The fourth-order valence-electron chi connectivity index (χ4n) is 1.57. The molecule has 2 aromatic carbocycles. The van der Waals surface area contributed by atoms with Gasteiger partial charge in [0.2, 0.25) is 0 Å². The van der Waals surface area contributed by atoms with Crippen molar-refractivity contribution in [3.05, 3.63) is 63.4 Å². The highest BCUT2D eigenvalue weighted by Gasteiger charge is 2.10. The number of non-ortho nitro benzene ring substituents is 1. The average molecular weight is 326 g/mol. The van der Waals surface area contributed by atoms with Crippen molar-refractivity contribution in [2.75, 3.05) is 10.6 Å². The molecule has 0 atom stereocenters. The summed E-state index contributed by atoms with van der Waals surface area (Å²) in [4.78, 5) is 10.2. The minimum absolute atomic E-state index is 0.115. The summed E-state index contributed by atoms with van der Waals surface area (Å²) in [5.41, 5.74) is 0.629. The first-order valence-corrected chi connectivity index (χ1v) is 6.52. The lowest BCUT2D eigenvalue weighted by Gasteiger charge is -2.11. The lowest BCUT2D eigenvalue weighted by atomic mass is 10.3. The predicted octanol–water partition coefficient (Wildman–Crippen LogP) is 4.20. The maximum absolute atomic E-state index is 13.1. The van der Waals surface area contributed by atoms with Gasteiger partial charge in [-0.3, -0.25) is 10.1 Å². The third kappa shape index (κ3) is 4.11. The molecule has 0 saturated carbocycles. The number of anilines is 2. The summed E-state index contributed by atoms with van der Waals surface area (Å²) in [7, 11) is 0. The van der Waals surface area contributed by atoms with E-state index < -0.39 is 10.7 Å². The standard InChI is InChI=1S/C13H9ClFN3O2S/c14-11-5-4-10(18(19)20)7-12(11)17-13(21)16-9-3-1-2-8(15)6-9/h1-7H,(H2,16,17,21). The molecule has 0 saturated heterocycles. The Morgan fingerprint density at radius 1 is 1.24 bits per heavy atom. The number of halogens is 2. The van der Waals surface area contributed by atoms with E-state index in [1.165, 1.54) is 36.4 Å². The highest BCUT2D eigenvalue weighted by Crippen LogP contribution is 2.26. The number of hydrogen-bond acceptors (Lipinski definition) is 3. The Labute approximate surface area is 129 Å². The summed E-state index contributed by atoms with van der Waals surface area (Å²) in [6.07, 6.45) is 0. The van der Waals surface area contributed by atoms with Gasteiger partial charge in [-0.05, 0) is 36.5 Å². The summed E-state index contributed by atoms with van der Waals surface area (Å²) in [5.74, 6) is -0.406. The first-order chi connectivity index (χ1) is 9.95. The lowest BCUT2D eigenvalue weighted by molar-refractivity contribution is -0.384. The van der Waals surface area contributed by atoms with Crippen molar-refractivity contribution in [3.8, 4) is 0 Å². The zero-order valence-corrected chi connectivity index (χ0v) is 12.0. The molecule has 0 aromatic heterocycles. The number of nitrogens with one attached hydrogen (secondary N) is 2. The van der Waals surface area contributed by atoms with Gasteiger partial charge in [-0.15, -0.1) is 0 Å². The van der Waals surface area contributed by atoms with Crippen LogP contribution in [0.3, 0.4) is 0 Å². The van der Waals surface area contributed by atoms with Gasteiger partial charge in [0.15, 0.2) is 5.11 Å². The number of rotatable bonds is 3. The van der Waals surface area contributed by atoms with Gasteiger partial charge >= 0.3 is 0 Å².